The largest absolute Gasteiger partial charge is 0.301 e. The Hall–Kier alpha value is -0.0800. The Balaban J connectivity index is 3.40. The standard InChI is InChI=1S/C10H22NO/c1-3-5-7-11(9-10-12)8-6-4-2/h3-10H2,1-2H3. The molecule has 0 saturated carbocycles. The predicted molar refractivity (Wildman–Crippen MR) is 51.8 cm³/mol. The Morgan fingerprint density at radius 3 is 1.75 bits per heavy atom. The molecule has 0 aromatic carbocycles. The molecule has 0 bridgehead atoms. The fourth-order valence-corrected chi connectivity index (χ4v) is 1.23. The van der Waals surface area contributed by atoms with Crippen molar-refractivity contribution in [2.24, 2.45) is 0 Å². The van der Waals surface area contributed by atoms with Gasteiger partial charge >= 0.3 is 0 Å². The van der Waals surface area contributed by atoms with Crippen molar-refractivity contribution in [3.05, 3.63) is 0 Å². The minimum absolute atomic E-state index is 0.0490. The van der Waals surface area contributed by atoms with E-state index in [0.717, 1.165) is 19.6 Å². The van der Waals surface area contributed by atoms with Gasteiger partial charge in [0.1, 0.15) is 0 Å². The molecule has 0 aliphatic rings. The first-order valence-corrected chi connectivity index (χ1v) is 5.15. The van der Waals surface area contributed by atoms with Crippen LogP contribution >= 0.6 is 0 Å². The summed E-state index contributed by atoms with van der Waals surface area (Å²) < 4.78 is 0. The molecular weight excluding hydrogens is 150 g/mol. The third-order valence-corrected chi connectivity index (χ3v) is 2.06. The van der Waals surface area contributed by atoms with Crippen LogP contribution in [0.4, 0.5) is 0 Å². The fraction of sp³-hybridized carbons (Fsp3) is 1.00. The van der Waals surface area contributed by atoms with Crippen molar-refractivity contribution >= 4 is 0 Å². The van der Waals surface area contributed by atoms with Gasteiger partial charge in [-0.05, 0) is 25.9 Å². The lowest BCUT2D eigenvalue weighted by Gasteiger charge is -2.19. The van der Waals surface area contributed by atoms with Crippen LogP contribution in [0.15, 0.2) is 0 Å². The van der Waals surface area contributed by atoms with Crippen LogP contribution in [0.5, 0.6) is 0 Å². The molecule has 0 spiro atoms. The third-order valence-electron chi connectivity index (χ3n) is 2.06. The smallest absolute Gasteiger partial charge is 0.0949 e. The van der Waals surface area contributed by atoms with Gasteiger partial charge in [-0.15, -0.1) is 0 Å². The van der Waals surface area contributed by atoms with Crippen molar-refractivity contribution < 1.29 is 5.11 Å². The van der Waals surface area contributed by atoms with Crippen LogP contribution in [0.1, 0.15) is 39.5 Å². The number of hydrogen-bond donors (Lipinski definition) is 0. The van der Waals surface area contributed by atoms with Gasteiger partial charge in [0.2, 0.25) is 0 Å². The molecule has 0 aliphatic carbocycles. The lowest BCUT2D eigenvalue weighted by Crippen LogP contribution is -2.28. The van der Waals surface area contributed by atoms with Crippen LogP contribution < -0.4 is 0 Å². The van der Waals surface area contributed by atoms with Gasteiger partial charge < -0.3 is 4.90 Å². The van der Waals surface area contributed by atoms with Gasteiger partial charge in [-0.2, -0.15) is 0 Å². The first-order chi connectivity index (χ1) is 5.85. The summed E-state index contributed by atoms with van der Waals surface area (Å²) in [5.41, 5.74) is 0. The quantitative estimate of drug-likeness (QED) is 0.551. The van der Waals surface area contributed by atoms with Crippen molar-refractivity contribution in [3.8, 4) is 0 Å². The summed E-state index contributed by atoms with van der Waals surface area (Å²) in [6, 6.07) is 0. The minimum atomic E-state index is 0.0490. The molecule has 2 heteroatoms. The van der Waals surface area contributed by atoms with Crippen molar-refractivity contribution in [1.82, 2.24) is 4.90 Å². The first kappa shape index (κ1) is 11.9. The van der Waals surface area contributed by atoms with Gasteiger partial charge in [0.15, 0.2) is 0 Å². The number of rotatable bonds is 8. The summed E-state index contributed by atoms with van der Waals surface area (Å²) in [4.78, 5) is 2.29. The van der Waals surface area contributed by atoms with Crippen LogP contribution in [-0.4, -0.2) is 31.1 Å². The second kappa shape index (κ2) is 9.01. The summed E-state index contributed by atoms with van der Waals surface area (Å²) in [5.74, 6) is 0. The van der Waals surface area contributed by atoms with Crippen LogP contribution in [0, 0.1) is 0 Å². The van der Waals surface area contributed by atoms with Crippen LogP contribution in [0.3, 0.4) is 0 Å². The highest BCUT2D eigenvalue weighted by molar-refractivity contribution is 4.56. The maximum atomic E-state index is 10.4. The zero-order chi connectivity index (χ0) is 9.23. The first-order valence-electron chi connectivity index (χ1n) is 5.15. The highest BCUT2D eigenvalue weighted by atomic mass is 16.3. The molecule has 0 atom stereocenters. The lowest BCUT2D eigenvalue weighted by atomic mass is 10.2. The second-order valence-corrected chi connectivity index (χ2v) is 3.25. The van der Waals surface area contributed by atoms with Crippen molar-refractivity contribution in [2.45, 2.75) is 39.5 Å². The highest BCUT2D eigenvalue weighted by Gasteiger charge is 2.01. The average molecular weight is 172 g/mol. The molecule has 0 aliphatic heterocycles. The molecule has 12 heavy (non-hydrogen) atoms. The van der Waals surface area contributed by atoms with Crippen LogP contribution in [-0.2, 0) is 5.11 Å². The number of unbranched alkanes of at least 4 members (excludes halogenated alkanes) is 2. The normalized spacial score (nSPS) is 11.0. The number of nitrogens with zero attached hydrogens (tertiary/aromatic N) is 1. The Morgan fingerprint density at radius 2 is 1.42 bits per heavy atom. The van der Waals surface area contributed by atoms with Gasteiger partial charge in [-0.3, -0.25) is 0 Å². The van der Waals surface area contributed by atoms with Gasteiger partial charge in [-0.25, -0.2) is 5.11 Å². The van der Waals surface area contributed by atoms with E-state index < -0.39 is 0 Å². The molecule has 2 nitrogen and oxygen atoms in total. The maximum Gasteiger partial charge on any atom is 0.0949 e. The van der Waals surface area contributed by atoms with Crippen LogP contribution in [0.25, 0.3) is 0 Å². The molecule has 0 saturated heterocycles. The second-order valence-electron chi connectivity index (χ2n) is 3.25. The monoisotopic (exact) mass is 172 g/mol. The average Bonchev–Trinajstić information content (AvgIpc) is 2.10. The molecule has 0 aromatic heterocycles. The van der Waals surface area contributed by atoms with Crippen molar-refractivity contribution in [1.29, 1.82) is 0 Å². The van der Waals surface area contributed by atoms with E-state index in [0.29, 0.717) is 0 Å². The van der Waals surface area contributed by atoms with Crippen LogP contribution in [0.2, 0.25) is 0 Å². The van der Waals surface area contributed by atoms with E-state index in [9.17, 15) is 5.11 Å². The summed E-state index contributed by atoms with van der Waals surface area (Å²) in [5, 5.41) is 10.4. The summed E-state index contributed by atoms with van der Waals surface area (Å²) in [7, 11) is 0. The van der Waals surface area contributed by atoms with Gasteiger partial charge in [0.25, 0.3) is 0 Å². The Labute approximate surface area is 76.6 Å². The lowest BCUT2D eigenvalue weighted by molar-refractivity contribution is 0.138. The van der Waals surface area contributed by atoms with E-state index in [1.807, 2.05) is 0 Å². The van der Waals surface area contributed by atoms with Crippen molar-refractivity contribution in [2.75, 3.05) is 26.2 Å². The zero-order valence-electron chi connectivity index (χ0n) is 8.51. The van der Waals surface area contributed by atoms with E-state index in [4.69, 9.17) is 0 Å². The van der Waals surface area contributed by atoms with E-state index in [2.05, 4.69) is 18.7 Å². The zero-order valence-corrected chi connectivity index (χ0v) is 8.51. The summed E-state index contributed by atoms with van der Waals surface area (Å²) >= 11 is 0. The maximum absolute atomic E-state index is 10.4. The molecule has 0 fully saturated rings. The van der Waals surface area contributed by atoms with E-state index >= 15 is 0 Å². The predicted octanol–water partition coefficient (Wildman–Crippen LogP) is 2.32. The molecule has 0 N–H and O–H groups in total. The summed E-state index contributed by atoms with van der Waals surface area (Å²) in [6.07, 6.45) is 4.90. The summed E-state index contributed by atoms with van der Waals surface area (Å²) in [6.45, 7) is 7.38. The highest BCUT2D eigenvalue weighted by Crippen LogP contribution is 1.98. The SMILES string of the molecule is CCCCN(CC[O])CCCC. The molecule has 0 amide bonds. The topological polar surface area (TPSA) is 23.1 Å². The van der Waals surface area contributed by atoms with E-state index in [1.165, 1.54) is 25.7 Å². The van der Waals surface area contributed by atoms with E-state index in [1.54, 1.807) is 0 Å². The molecule has 0 heterocycles. The third kappa shape index (κ3) is 6.62. The van der Waals surface area contributed by atoms with Gasteiger partial charge in [0.05, 0.1) is 6.61 Å². The fourth-order valence-electron chi connectivity index (χ4n) is 1.23. The molecule has 73 valence electrons. The molecular formula is C10H22NO. The Bertz CT molecular complexity index is 77.9. The number of hydrogen-bond acceptors (Lipinski definition) is 1. The Kier molecular flexibility index (Phi) is 8.95. The Morgan fingerprint density at radius 1 is 0.917 bits per heavy atom. The molecule has 0 rings (SSSR count). The molecule has 0 aromatic rings. The van der Waals surface area contributed by atoms with Crippen molar-refractivity contribution in [3.63, 3.8) is 0 Å². The van der Waals surface area contributed by atoms with Gasteiger partial charge in [0, 0.05) is 6.54 Å². The van der Waals surface area contributed by atoms with E-state index in [-0.39, 0.29) is 6.61 Å². The minimum Gasteiger partial charge on any atom is -0.301 e. The molecule has 0 unspecified atom stereocenters. The molecule has 1 radical (unpaired) electrons. The van der Waals surface area contributed by atoms with Gasteiger partial charge in [-0.1, -0.05) is 26.7 Å².